The molecule has 0 saturated heterocycles. The molecule has 0 radical (unpaired) electrons. The molecule has 1 unspecified atom stereocenters. The van der Waals surface area contributed by atoms with Crippen molar-refractivity contribution in [2.45, 2.75) is 38.8 Å². The first-order valence-electron chi connectivity index (χ1n) is 4.80. The van der Waals surface area contributed by atoms with Crippen molar-refractivity contribution in [3.63, 3.8) is 0 Å². The molecule has 5 nitrogen and oxygen atoms in total. The zero-order chi connectivity index (χ0) is 11.1. The molecule has 4 N–H and O–H groups in total. The van der Waals surface area contributed by atoms with E-state index in [2.05, 4.69) is 10.6 Å². The predicted molar refractivity (Wildman–Crippen MR) is 54.6 cm³/mol. The number of nitrogens with two attached hydrogens (primary N) is 1. The van der Waals surface area contributed by atoms with Gasteiger partial charge < -0.3 is 16.4 Å². The molecule has 2 atom stereocenters. The Bertz CT molecular complexity index is 206. The molecule has 0 aromatic heterocycles. The SMILES string of the molecule is CCC[C@@H](N)C(=O)NC(C)C(=O)NC. The lowest BCUT2D eigenvalue weighted by atomic mass is 10.1. The Morgan fingerprint density at radius 2 is 1.93 bits per heavy atom. The number of hydrogen-bond acceptors (Lipinski definition) is 3. The van der Waals surface area contributed by atoms with Gasteiger partial charge in [0.05, 0.1) is 6.04 Å². The highest BCUT2D eigenvalue weighted by Crippen LogP contribution is 1.94. The van der Waals surface area contributed by atoms with Crippen LogP contribution in [0.4, 0.5) is 0 Å². The molecule has 0 heterocycles. The summed E-state index contributed by atoms with van der Waals surface area (Å²) in [5.74, 6) is -0.495. The number of carbonyl (C=O) groups is 2. The number of rotatable bonds is 5. The second kappa shape index (κ2) is 6.37. The molecule has 0 bridgehead atoms. The minimum atomic E-state index is -0.532. The summed E-state index contributed by atoms with van der Waals surface area (Å²) in [6, 6.07) is -1.05. The van der Waals surface area contributed by atoms with Crippen LogP contribution >= 0.6 is 0 Å². The van der Waals surface area contributed by atoms with E-state index in [1.54, 1.807) is 6.92 Å². The van der Waals surface area contributed by atoms with Crippen molar-refractivity contribution in [2.24, 2.45) is 5.73 Å². The minimum absolute atomic E-state index is 0.220. The Kier molecular flexibility index (Phi) is 5.87. The van der Waals surface area contributed by atoms with Crippen LogP contribution in [0.25, 0.3) is 0 Å². The molecule has 14 heavy (non-hydrogen) atoms. The van der Waals surface area contributed by atoms with Crippen LogP contribution in [0.3, 0.4) is 0 Å². The second-order valence-corrected chi connectivity index (χ2v) is 3.24. The van der Waals surface area contributed by atoms with Crippen molar-refractivity contribution in [1.82, 2.24) is 10.6 Å². The van der Waals surface area contributed by atoms with Gasteiger partial charge in [0.25, 0.3) is 0 Å². The zero-order valence-corrected chi connectivity index (χ0v) is 8.96. The average molecular weight is 201 g/mol. The van der Waals surface area contributed by atoms with Crippen molar-refractivity contribution in [2.75, 3.05) is 7.05 Å². The Morgan fingerprint density at radius 1 is 1.36 bits per heavy atom. The molecule has 0 aromatic rings. The van der Waals surface area contributed by atoms with Gasteiger partial charge in [-0.3, -0.25) is 9.59 Å². The van der Waals surface area contributed by atoms with Crippen LogP contribution in [0, 0.1) is 0 Å². The zero-order valence-electron chi connectivity index (χ0n) is 8.96. The predicted octanol–water partition coefficient (Wildman–Crippen LogP) is -0.635. The van der Waals surface area contributed by atoms with E-state index in [4.69, 9.17) is 5.73 Å². The van der Waals surface area contributed by atoms with Gasteiger partial charge in [-0.25, -0.2) is 0 Å². The molecule has 0 aromatic carbocycles. The van der Waals surface area contributed by atoms with Crippen LogP contribution in [0.15, 0.2) is 0 Å². The molecule has 0 aliphatic heterocycles. The summed E-state index contributed by atoms with van der Waals surface area (Å²) in [6.07, 6.45) is 1.48. The summed E-state index contributed by atoms with van der Waals surface area (Å²) in [4.78, 5) is 22.4. The van der Waals surface area contributed by atoms with Crippen molar-refractivity contribution >= 4 is 11.8 Å². The molecular weight excluding hydrogens is 182 g/mol. The number of carbonyl (C=O) groups excluding carboxylic acids is 2. The summed E-state index contributed by atoms with van der Waals surface area (Å²) in [7, 11) is 1.52. The van der Waals surface area contributed by atoms with Crippen molar-refractivity contribution in [3.8, 4) is 0 Å². The highest BCUT2D eigenvalue weighted by Gasteiger charge is 2.18. The summed E-state index contributed by atoms with van der Waals surface area (Å²) < 4.78 is 0. The van der Waals surface area contributed by atoms with Gasteiger partial charge in [0.15, 0.2) is 0 Å². The van der Waals surface area contributed by atoms with Gasteiger partial charge in [-0.15, -0.1) is 0 Å². The van der Waals surface area contributed by atoms with Gasteiger partial charge in [0.1, 0.15) is 6.04 Å². The van der Waals surface area contributed by atoms with Crippen LogP contribution in [-0.2, 0) is 9.59 Å². The third kappa shape index (κ3) is 4.23. The minimum Gasteiger partial charge on any atom is -0.357 e. The van der Waals surface area contributed by atoms with E-state index in [-0.39, 0.29) is 11.8 Å². The van der Waals surface area contributed by atoms with Gasteiger partial charge in [-0.05, 0) is 13.3 Å². The first-order valence-corrected chi connectivity index (χ1v) is 4.80. The topological polar surface area (TPSA) is 84.2 Å². The van der Waals surface area contributed by atoms with Crippen LogP contribution in [0.2, 0.25) is 0 Å². The maximum Gasteiger partial charge on any atom is 0.242 e. The van der Waals surface area contributed by atoms with Crippen molar-refractivity contribution in [3.05, 3.63) is 0 Å². The third-order valence-corrected chi connectivity index (χ3v) is 1.93. The van der Waals surface area contributed by atoms with Crippen LogP contribution in [-0.4, -0.2) is 30.9 Å². The Morgan fingerprint density at radius 3 is 2.36 bits per heavy atom. The number of nitrogens with one attached hydrogen (secondary N) is 2. The van der Waals surface area contributed by atoms with Gasteiger partial charge in [0, 0.05) is 7.05 Å². The van der Waals surface area contributed by atoms with E-state index >= 15 is 0 Å². The Balaban J connectivity index is 3.98. The van der Waals surface area contributed by atoms with Crippen LogP contribution in [0.5, 0.6) is 0 Å². The Labute approximate surface area is 84.4 Å². The van der Waals surface area contributed by atoms with Gasteiger partial charge in [-0.2, -0.15) is 0 Å². The van der Waals surface area contributed by atoms with Gasteiger partial charge in [0.2, 0.25) is 11.8 Å². The lowest BCUT2D eigenvalue weighted by molar-refractivity contribution is -0.129. The van der Waals surface area contributed by atoms with E-state index in [1.165, 1.54) is 7.05 Å². The quantitative estimate of drug-likeness (QED) is 0.553. The highest BCUT2D eigenvalue weighted by atomic mass is 16.2. The lowest BCUT2D eigenvalue weighted by Crippen LogP contribution is -2.49. The highest BCUT2D eigenvalue weighted by molar-refractivity contribution is 5.89. The normalized spacial score (nSPS) is 14.3. The molecule has 82 valence electrons. The summed E-state index contributed by atoms with van der Waals surface area (Å²) in [6.45, 7) is 3.57. The first kappa shape index (κ1) is 12.9. The van der Waals surface area contributed by atoms with E-state index in [1.807, 2.05) is 6.92 Å². The molecule has 0 aliphatic carbocycles. The molecule has 0 saturated carbocycles. The Hall–Kier alpha value is -1.10. The molecule has 0 aliphatic rings. The molecule has 2 amide bonds. The molecule has 0 fully saturated rings. The monoisotopic (exact) mass is 201 g/mol. The standard InChI is InChI=1S/C9H19N3O2/c1-4-5-7(10)9(14)12-6(2)8(13)11-3/h6-7H,4-5,10H2,1-3H3,(H,11,13)(H,12,14)/t6?,7-/m1/s1. The number of likely N-dealkylation sites (N-methyl/N-ethyl adjacent to an activating group) is 1. The summed E-state index contributed by atoms with van der Waals surface area (Å²) in [5, 5.41) is 4.99. The first-order chi connectivity index (χ1) is 6.52. The van der Waals surface area contributed by atoms with Crippen LogP contribution in [0.1, 0.15) is 26.7 Å². The smallest absolute Gasteiger partial charge is 0.242 e. The van der Waals surface area contributed by atoms with E-state index in [9.17, 15) is 9.59 Å². The van der Waals surface area contributed by atoms with Crippen molar-refractivity contribution < 1.29 is 9.59 Å². The largest absolute Gasteiger partial charge is 0.357 e. The second-order valence-electron chi connectivity index (χ2n) is 3.24. The van der Waals surface area contributed by atoms with Crippen molar-refractivity contribution in [1.29, 1.82) is 0 Å². The summed E-state index contributed by atoms with van der Waals surface area (Å²) in [5.41, 5.74) is 5.57. The fourth-order valence-electron chi connectivity index (χ4n) is 1.04. The van der Waals surface area contributed by atoms with E-state index in [0.717, 1.165) is 6.42 Å². The third-order valence-electron chi connectivity index (χ3n) is 1.93. The molecule has 0 spiro atoms. The fourth-order valence-corrected chi connectivity index (χ4v) is 1.04. The van der Waals surface area contributed by atoms with Gasteiger partial charge in [-0.1, -0.05) is 13.3 Å². The fraction of sp³-hybridized carbons (Fsp3) is 0.778. The maximum atomic E-state index is 11.3. The van der Waals surface area contributed by atoms with E-state index < -0.39 is 12.1 Å². The molecular formula is C9H19N3O2. The maximum absolute atomic E-state index is 11.3. The lowest BCUT2D eigenvalue weighted by Gasteiger charge is -2.15. The van der Waals surface area contributed by atoms with Crippen LogP contribution < -0.4 is 16.4 Å². The number of hydrogen-bond donors (Lipinski definition) is 3. The number of amides is 2. The van der Waals surface area contributed by atoms with Gasteiger partial charge >= 0.3 is 0 Å². The molecule has 0 rings (SSSR count). The molecule has 5 heteroatoms. The average Bonchev–Trinajstić information content (AvgIpc) is 2.16. The summed E-state index contributed by atoms with van der Waals surface area (Å²) >= 11 is 0. The van der Waals surface area contributed by atoms with E-state index in [0.29, 0.717) is 6.42 Å².